The average Bonchev–Trinajstić information content (AvgIpc) is 2.58. The molecular formula is C20H16Cl2N2. The minimum Gasteiger partial charge on any atom is -0.274 e. The number of nitrogens with zero attached hydrogens (tertiary/aromatic N) is 2. The smallest absolute Gasteiger partial charge is 0.168 e. The largest absolute Gasteiger partial charge is 0.274 e. The van der Waals surface area contributed by atoms with Gasteiger partial charge in [0.15, 0.2) is 4.33 Å². The van der Waals surface area contributed by atoms with Crippen molar-refractivity contribution in [2.75, 3.05) is 0 Å². The Hall–Kier alpha value is -1.90. The van der Waals surface area contributed by atoms with Crippen LogP contribution in [0.1, 0.15) is 30.5 Å². The quantitative estimate of drug-likeness (QED) is 0.530. The van der Waals surface area contributed by atoms with Crippen molar-refractivity contribution in [1.82, 2.24) is 4.98 Å². The molecule has 120 valence electrons. The maximum atomic E-state index is 6.68. The predicted molar refractivity (Wildman–Crippen MR) is 101 cm³/mol. The maximum absolute atomic E-state index is 6.68. The van der Waals surface area contributed by atoms with Gasteiger partial charge in [0.25, 0.3) is 0 Å². The van der Waals surface area contributed by atoms with Gasteiger partial charge in [-0.2, -0.15) is 0 Å². The van der Waals surface area contributed by atoms with E-state index in [1.807, 2.05) is 62.5 Å². The fourth-order valence-corrected chi connectivity index (χ4v) is 3.54. The molecule has 24 heavy (non-hydrogen) atoms. The highest BCUT2D eigenvalue weighted by Crippen LogP contribution is 2.50. The summed E-state index contributed by atoms with van der Waals surface area (Å²) >= 11 is 13.4. The second kappa shape index (κ2) is 5.30. The van der Waals surface area contributed by atoms with Crippen LogP contribution in [0.4, 0.5) is 0 Å². The molecule has 4 heteroatoms. The van der Waals surface area contributed by atoms with E-state index in [0.29, 0.717) is 0 Å². The number of alkyl halides is 2. The normalized spacial score (nSPS) is 18.1. The molecule has 0 radical (unpaired) electrons. The van der Waals surface area contributed by atoms with E-state index in [-0.39, 0.29) is 0 Å². The molecule has 0 N–H and O–H groups in total. The molecule has 1 aromatic heterocycles. The van der Waals surface area contributed by atoms with Crippen LogP contribution in [-0.4, -0.2) is 16.2 Å². The molecule has 0 aliphatic carbocycles. The molecule has 1 aliphatic heterocycles. The Balaban J connectivity index is 1.98. The minimum atomic E-state index is -1.07. The Morgan fingerprint density at radius 1 is 0.917 bits per heavy atom. The van der Waals surface area contributed by atoms with Crippen LogP contribution in [0.5, 0.6) is 0 Å². The van der Waals surface area contributed by atoms with Gasteiger partial charge in [0.2, 0.25) is 0 Å². The van der Waals surface area contributed by atoms with Crippen LogP contribution in [0.2, 0.25) is 0 Å². The Morgan fingerprint density at radius 2 is 1.62 bits per heavy atom. The number of benzene rings is 2. The lowest BCUT2D eigenvalue weighted by Crippen LogP contribution is -2.42. The van der Waals surface area contributed by atoms with E-state index in [1.54, 1.807) is 0 Å². The van der Waals surface area contributed by atoms with Crippen LogP contribution < -0.4 is 0 Å². The van der Waals surface area contributed by atoms with Gasteiger partial charge in [0.05, 0.1) is 16.8 Å². The lowest BCUT2D eigenvalue weighted by Gasteiger charge is -2.40. The van der Waals surface area contributed by atoms with Gasteiger partial charge in [-0.25, -0.2) is 0 Å². The van der Waals surface area contributed by atoms with Crippen molar-refractivity contribution in [3.63, 3.8) is 0 Å². The topological polar surface area (TPSA) is 25.2 Å². The van der Waals surface area contributed by atoms with Crippen molar-refractivity contribution in [1.29, 1.82) is 0 Å². The second-order valence-corrected chi connectivity index (χ2v) is 7.88. The van der Waals surface area contributed by atoms with Gasteiger partial charge >= 0.3 is 0 Å². The molecule has 1 aliphatic rings. The molecule has 3 aromatic rings. The van der Waals surface area contributed by atoms with Crippen LogP contribution in [0.3, 0.4) is 0 Å². The molecular weight excluding hydrogens is 339 g/mol. The van der Waals surface area contributed by atoms with E-state index >= 15 is 0 Å². The highest BCUT2D eigenvalue weighted by Gasteiger charge is 2.48. The summed E-state index contributed by atoms with van der Waals surface area (Å²) in [6.45, 7) is 3.91. The molecule has 0 saturated carbocycles. The molecule has 0 atom stereocenters. The Morgan fingerprint density at radius 3 is 2.46 bits per heavy atom. The van der Waals surface area contributed by atoms with Crippen molar-refractivity contribution in [2.24, 2.45) is 4.99 Å². The van der Waals surface area contributed by atoms with E-state index in [4.69, 9.17) is 28.2 Å². The van der Waals surface area contributed by atoms with Crippen molar-refractivity contribution in [3.05, 3.63) is 77.5 Å². The summed E-state index contributed by atoms with van der Waals surface area (Å²) in [4.78, 5) is 9.46. The number of para-hydroxylation sites is 1. The third kappa shape index (κ3) is 2.25. The number of hydrogen-bond acceptors (Lipinski definition) is 2. The van der Waals surface area contributed by atoms with Gasteiger partial charge in [-0.05, 0) is 31.5 Å². The SMILES string of the molecule is CC1(C)N=C(c2cnc3ccccc3c2)c2ccccc2C1(Cl)Cl. The molecule has 0 saturated heterocycles. The van der Waals surface area contributed by atoms with Crippen molar-refractivity contribution in [3.8, 4) is 0 Å². The molecule has 4 rings (SSSR count). The zero-order valence-electron chi connectivity index (χ0n) is 13.4. The molecule has 0 amide bonds. The van der Waals surface area contributed by atoms with E-state index < -0.39 is 9.87 Å². The van der Waals surface area contributed by atoms with E-state index in [1.165, 1.54) is 0 Å². The monoisotopic (exact) mass is 354 g/mol. The van der Waals surface area contributed by atoms with Crippen LogP contribution >= 0.6 is 23.2 Å². The highest BCUT2D eigenvalue weighted by atomic mass is 35.5. The predicted octanol–water partition coefficient (Wildman–Crippen LogP) is 5.49. The molecule has 0 bridgehead atoms. The fourth-order valence-electron chi connectivity index (χ4n) is 3.12. The van der Waals surface area contributed by atoms with Crippen LogP contribution in [0.25, 0.3) is 10.9 Å². The molecule has 2 heterocycles. The van der Waals surface area contributed by atoms with Gasteiger partial charge in [-0.15, -0.1) is 0 Å². The third-order valence-electron chi connectivity index (χ3n) is 4.54. The first-order valence-electron chi connectivity index (χ1n) is 7.83. The van der Waals surface area contributed by atoms with Crippen molar-refractivity contribution in [2.45, 2.75) is 23.7 Å². The third-order valence-corrected chi connectivity index (χ3v) is 5.88. The molecule has 0 spiro atoms. The lowest BCUT2D eigenvalue weighted by atomic mass is 9.84. The number of halogens is 2. The van der Waals surface area contributed by atoms with Crippen LogP contribution in [0.15, 0.2) is 65.8 Å². The Labute approximate surface area is 151 Å². The van der Waals surface area contributed by atoms with Gasteiger partial charge in [0.1, 0.15) is 0 Å². The molecule has 2 nitrogen and oxygen atoms in total. The van der Waals surface area contributed by atoms with E-state index in [9.17, 15) is 0 Å². The number of pyridine rings is 1. The maximum Gasteiger partial charge on any atom is 0.168 e. The fraction of sp³-hybridized carbons (Fsp3) is 0.200. The van der Waals surface area contributed by atoms with Crippen molar-refractivity contribution < 1.29 is 0 Å². The summed E-state index contributed by atoms with van der Waals surface area (Å²) in [7, 11) is 0. The molecule has 2 aromatic carbocycles. The zero-order chi connectivity index (χ0) is 16.9. The second-order valence-electron chi connectivity index (χ2n) is 6.56. The van der Waals surface area contributed by atoms with Gasteiger partial charge < -0.3 is 0 Å². The molecule has 0 fully saturated rings. The standard InChI is InChI=1S/C20H16Cl2N2/c1-19(2)20(21,22)16-9-5-4-8-15(16)18(24-19)14-11-13-7-3-6-10-17(13)23-12-14/h3-12H,1-2H3. The van der Waals surface area contributed by atoms with E-state index in [0.717, 1.165) is 33.3 Å². The van der Waals surface area contributed by atoms with Gasteiger partial charge in [-0.1, -0.05) is 65.7 Å². The van der Waals surface area contributed by atoms with Gasteiger partial charge in [0, 0.05) is 22.7 Å². The van der Waals surface area contributed by atoms with E-state index in [2.05, 4.69) is 17.1 Å². The van der Waals surface area contributed by atoms with Gasteiger partial charge in [-0.3, -0.25) is 9.98 Å². The zero-order valence-corrected chi connectivity index (χ0v) is 14.9. The average molecular weight is 355 g/mol. The minimum absolute atomic E-state index is 0.647. The first-order chi connectivity index (χ1) is 11.4. The highest BCUT2D eigenvalue weighted by molar-refractivity contribution is 6.50. The Bertz CT molecular complexity index is 974. The number of hydrogen-bond donors (Lipinski definition) is 0. The van der Waals surface area contributed by atoms with Crippen molar-refractivity contribution >= 4 is 39.8 Å². The number of rotatable bonds is 1. The summed E-state index contributed by atoms with van der Waals surface area (Å²) in [6.07, 6.45) is 1.86. The number of aromatic nitrogens is 1. The summed E-state index contributed by atoms with van der Waals surface area (Å²) in [5, 5.41) is 1.08. The molecule has 0 unspecified atom stereocenters. The number of fused-ring (bicyclic) bond motifs is 2. The van der Waals surface area contributed by atoms with Crippen LogP contribution in [0, 0.1) is 0 Å². The first-order valence-corrected chi connectivity index (χ1v) is 8.58. The Kier molecular flexibility index (Phi) is 3.45. The lowest BCUT2D eigenvalue weighted by molar-refractivity contribution is 0.457. The number of aliphatic imine (C=N–C) groups is 1. The summed E-state index contributed by atoms with van der Waals surface area (Å²) in [5.74, 6) is 0. The summed E-state index contributed by atoms with van der Waals surface area (Å²) in [6, 6.07) is 18.1. The van der Waals surface area contributed by atoms with Crippen LogP contribution in [-0.2, 0) is 4.33 Å². The summed E-state index contributed by atoms with van der Waals surface area (Å²) in [5.41, 5.74) is 4.01. The first kappa shape index (κ1) is 15.6. The summed E-state index contributed by atoms with van der Waals surface area (Å²) < 4.78 is -1.07.